The number of benzene rings is 1. The van der Waals surface area contributed by atoms with Gasteiger partial charge in [-0.25, -0.2) is 6.08 Å². The zero-order valence-electron chi connectivity index (χ0n) is 7.82. The molecule has 0 saturated heterocycles. The molecule has 0 unspecified atom stereocenters. The summed E-state index contributed by atoms with van der Waals surface area (Å²) in [4.78, 5) is 4.31. The molecule has 2 aromatic rings. The van der Waals surface area contributed by atoms with Crippen LogP contribution in [0.3, 0.4) is 0 Å². The normalized spacial score (nSPS) is 9.50. The Bertz CT molecular complexity index is 463. The summed E-state index contributed by atoms with van der Waals surface area (Å²) in [5.74, 6) is 0. The molecule has 0 N–H and O–H groups in total. The van der Waals surface area contributed by atoms with Gasteiger partial charge in [-0.3, -0.25) is 11.6 Å². The molecule has 1 aromatic heterocycles. The molecule has 0 spiro atoms. The Labute approximate surface area is 94.1 Å². The van der Waals surface area contributed by atoms with Crippen LogP contribution in [0.4, 0.5) is 0 Å². The van der Waals surface area contributed by atoms with Crippen molar-refractivity contribution in [3.8, 4) is 0 Å². The minimum atomic E-state index is 0. The number of aryl methyl sites for hydroxylation is 1. The standard InChI is InChI=1S/C12H10N.Co/c1-3-10-4-5-11-6-9(2)8-13-12(11)7-10;/h1,3-8H,2H3;/q-1;. The fourth-order valence-corrected chi connectivity index (χ4v) is 1.35. The van der Waals surface area contributed by atoms with Gasteiger partial charge in [-0.1, -0.05) is 6.07 Å². The van der Waals surface area contributed by atoms with Gasteiger partial charge in [0.15, 0.2) is 0 Å². The molecule has 0 aliphatic heterocycles. The van der Waals surface area contributed by atoms with E-state index in [1.165, 1.54) is 5.56 Å². The van der Waals surface area contributed by atoms with Crippen LogP contribution in [0.5, 0.6) is 0 Å². The third kappa shape index (κ3) is 2.03. The minimum Gasteiger partial charge on any atom is -0.292 e. The largest absolute Gasteiger partial charge is 0.292 e. The Kier molecular flexibility index (Phi) is 3.44. The summed E-state index contributed by atoms with van der Waals surface area (Å²) >= 11 is 0. The topological polar surface area (TPSA) is 12.9 Å². The molecule has 0 atom stereocenters. The van der Waals surface area contributed by atoms with E-state index in [9.17, 15) is 0 Å². The van der Waals surface area contributed by atoms with E-state index in [-0.39, 0.29) is 16.8 Å². The number of nitrogens with zero attached hydrogens (tertiary/aromatic N) is 1. The zero-order valence-corrected chi connectivity index (χ0v) is 8.86. The van der Waals surface area contributed by atoms with Crippen LogP contribution in [-0.4, -0.2) is 4.98 Å². The van der Waals surface area contributed by atoms with E-state index in [0.29, 0.717) is 0 Å². The maximum Gasteiger partial charge on any atom is 0.0530 e. The maximum absolute atomic E-state index is 5.42. The monoisotopic (exact) mass is 227 g/mol. The summed E-state index contributed by atoms with van der Waals surface area (Å²) in [6, 6.07) is 8.12. The van der Waals surface area contributed by atoms with Crippen molar-refractivity contribution in [1.82, 2.24) is 4.98 Å². The van der Waals surface area contributed by atoms with E-state index in [4.69, 9.17) is 6.58 Å². The van der Waals surface area contributed by atoms with E-state index < -0.39 is 0 Å². The van der Waals surface area contributed by atoms with Crippen molar-refractivity contribution < 1.29 is 16.8 Å². The first-order valence-electron chi connectivity index (χ1n) is 4.21. The SMILES string of the molecule is [CH-]=Cc1ccc2cc(C)cnc2c1.[Co]. The smallest absolute Gasteiger partial charge is 0.0530 e. The number of hydrogen-bond donors (Lipinski definition) is 0. The molecule has 14 heavy (non-hydrogen) atoms. The van der Waals surface area contributed by atoms with Gasteiger partial charge in [-0.05, 0) is 23.9 Å². The van der Waals surface area contributed by atoms with Gasteiger partial charge in [0.1, 0.15) is 0 Å². The van der Waals surface area contributed by atoms with Crippen LogP contribution in [0.25, 0.3) is 17.0 Å². The van der Waals surface area contributed by atoms with Crippen LogP contribution in [0.15, 0.2) is 30.5 Å². The first-order valence-corrected chi connectivity index (χ1v) is 4.21. The third-order valence-corrected chi connectivity index (χ3v) is 2.04. The van der Waals surface area contributed by atoms with Crippen LogP contribution in [0.1, 0.15) is 11.1 Å². The molecule has 2 heteroatoms. The molecule has 0 amide bonds. The quantitative estimate of drug-likeness (QED) is 0.682. The van der Waals surface area contributed by atoms with E-state index >= 15 is 0 Å². The van der Waals surface area contributed by atoms with Crippen molar-refractivity contribution in [2.24, 2.45) is 0 Å². The molecular formula is C12H10CoN-. The van der Waals surface area contributed by atoms with Crippen LogP contribution >= 0.6 is 0 Å². The summed E-state index contributed by atoms with van der Waals surface area (Å²) in [5.41, 5.74) is 3.17. The summed E-state index contributed by atoms with van der Waals surface area (Å²) in [6.07, 6.45) is 3.45. The average molecular weight is 227 g/mol. The van der Waals surface area contributed by atoms with Crippen LogP contribution < -0.4 is 0 Å². The van der Waals surface area contributed by atoms with E-state index in [0.717, 1.165) is 16.5 Å². The first kappa shape index (κ1) is 11.0. The minimum absolute atomic E-state index is 0. The first-order chi connectivity index (χ1) is 6.29. The second-order valence-electron chi connectivity index (χ2n) is 3.13. The van der Waals surface area contributed by atoms with Crippen molar-refractivity contribution in [2.75, 3.05) is 0 Å². The van der Waals surface area contributed by atoms with Gasteiger partial charge in [0, 0.05) is 23.0 Å². The Morgan fingerprint density at radius 1 is 1.29 bits per heavy atom. The van der Waals surface area contributed by atoms with Crippen molar-refractivity contribution in [2.45, 2.75) is 6.92 Å². The molecule has 1 radical (unpaired) electrons. The summed E-state index contributed by atoms with van der Waals surface area (Å²) in [5, 5.41) is 1.16. The van der Waals surface area contributed by atoms with Crippen molar-refractivity contribution in [3.05, 3.63) is 48.2 Å². The number of rotatable bonds is 1. The molecule has 1 aromatic carbocycles. The van der Waals surface area contributed by atoms with Gasteiger partial charge in [0.2, 0.25) is 0 Å². The second kappa shape index (κ2) is 4.40. The fraction of sp³-hybridized carbons (Fsp3) is 0.0833. The summed E-state index contributed by atoms with van der Waals surface area (Å²) in [6.45, 7) is 7.46. The van der Waals surface area contributed by atoms with E-state index in [2.05, 4.69) is 11.1 Å². The number of pyridine rings is 1. The Balaban J connectivity index is 0.000000980. The van der Waals surface area contributed by atoms with E-state index in [1.807, 2.05) is 31.3 Å². The van der Waals surface area contributed by atoms with Crippen molar-refractivity contribution in [1.29, 1.82) is 0 Å². The predicted molar refractivity (Wildman–Crippen MR) is 55.2 cm³/mol. The molecule has 1 heterocycles. The van der Waals surface area contributed by atoms with E-state index in [1.54, 1.807) is 6.08 Å². The molecule has 0 bridgehead atoms. The van der Waals surface area contributed by atoms with Gasteiger partial charge in [0.25, 0.3) is 0 Å². The molecule has 2 rings (SSSR count). The van der Waals surface area contributed by atoms with Gasteiger partial charge in [-0.15, -0.1) is 12.1 Å². The number of aromatic nitrogens is 1. The number of hydrogen-bond acceptors (Lipinski definition) is 1. The Morgan fingerprint density at radius 3 is 2.79 bits per heavy atom. The Hall–Kier alpha value is -1.12. The molecular weight excluding hydrogens is 217 g/mol. The molecule has 73 valence electrons. The molecule has 0 aliphatic carbocycles. The van der Waals surface area contributed by atoms with Crippen LogP contribution in [0.2, 0.25) is 0 Å². The molecule has 0 aliphatic rings. The second-order valence-corrected chi connectivity index (χ2v) is 3.13. The Morgan fingerprint density at radius 2 is 2.07 bits per heavy atom. The molecule has 0 fully saturated rings. The predicted octanol–water partition coefficient (Wildman–Crippen LogP) is 2.99. The number of fused-ring (bicyclic) bond motifs is 1. The van der Waals surface area contributed by atoms with Gasteiger partial charge >= 0.3 is 0 Å². The molecule has 1 nitrogen and oxygen atoms in total. The van der Waals surface area contributed by atoms with Crippen LogP contribution in [-0.2, 0) is 16.8 Å². The van der Waals surface area contributed by atoms with Crippen molar-refractivity contribution >= 4 is 17.0 Å². The third-order valence-electron chi connectivity index (χ3n) is 2.04. The summed E-state index contributed by atoms with van der Waals surface area (Å²) < 4.78 is 0. The van der Waals surface area contributed by atoms with Gasteiger partial charge in [-0.2, -0.15) is 5.56 Å². The summed E-state index contributed by atoms with van der Waals surface area (Å²) in [7, 11) is 0. The van der Waals surface area contributed by atoms with Crippen LogP contribution in [0, 0.1) is 13.5 Å². The zero-order chi connectivity index (χ0) is 9.26. The average Bonchev–Trinajstić information content (AvgIpc) is 2.17. The molecule has 0 saturated carbocycles. The van der Waals surface area contributed by atoms with Gasteiger partial charge < -0.3 is 0 Å². The van der Waals surface area contributed by atoms with Gasteiger partial charge in [0.05, 0.1) is 5.52 Å². The fourth-order valence-electron chi connectivity index (χ4n) is 1.35. The van der Waals surface area contributed by atoms with Crippen molar-refractivity contribution in [3.63, 3.8) is 0 Å². The maximum atomic E-state index is 5.42.